The zero-order chi connectivity index (χ0) is 21.2. The highest BCUT2D eigenvalue weighted by molar-refractivity contribution is 6.27. The SMILES string of the molecule is CC(=O)Nc1nn(CCN2CCCCC2)cc1-c1ccccc1.O=C(O)C(=O)O. The molecular formula is C20H26N4O5. The van der Waals surface area contributed by atoms with Crippen LogP contribution in [-0.2, 0) is 20.9 Å². The van der Waals surface area contributed by atoms with Crippen molar-refractivity contribution >= 4 is 23.7 Å². The summed E-state index contributed by atoms with van der Waals surface area (Å²) < 4.78 is 1.95. The summed E-state index contributed by atoms with van der Waals surface area (Å²) in [6, 6.07) is 10.1. The lowest BCUT2D eigenvalue weighted by Crippen LogP contribution is -2.32. The maximum absolute atomic E-state index is 11.4. The molecule has 1 saturated heterocycles. The summed E-state index contributed by atoms with van der Waals surface area (Å²) in [6.07, 6.45) is 5.98. The number of hydrogen-bond acceptors (Lipinski definition) is 5. The third-order valence-corrected chi connectivity index (χ3v) is 4.42. The minimum atomic E-state index is -1.82. The molecule has 1 amide bonds. The highest BCUT2D eigenvalue weighted by Crippen LogP contribution is 2.26. The number of anilines is 1. The van der Waals surface area contributed by atoms with Gasteiger partial charge in [0.05, 0.1) is 6.54 Å². The van der Waals surface area contributed by atoms with Gasteiger partial charge in [-0.15, -0.1) is 0 Å². The van der Waals surface area contributed by atoms with Gasteiger partial charge < -0.3 is 20.4 Å². The second-order valence-corrected chi connectivity index (χ2v) is 6.71. The van der Waals surface area contributed by atoms with E-state index in [0.29, 0.717) is 5.82 Å². The minimum Gasteiger partial charge on any atom is -0.473 e. The topological polar surface area (TPSA) is 125 Å². The Balaban J connectivity index is 0.000000438. The van der Waals surface area contributed by atoms with Crippen molar-refractivity contribution in [3.8, 4) is 11.1 Å². The molecule has 1 aliphatic heterocycles. The molecule has 9 heteroatoms. The predicted molar refractivity (Wildman–Crippen MR) is 108 cm³/mol. The van der Waals surface area contributed by atoms with Crippen LogP contribution >= 0.6 is 0 Å². The molecule has 2 aromatic rings. The van der Waals surface area contributed by atoms with Crippen molar-refractivity contribution in [2.24, 2.45) is 0 Å². The number of aliphatic carboxylic acids is 2. The average Bonchev–Trinajstić information content (AvgIpc) is 3.10. The van der Waals surface area contributed by atoms with Gasteiger partial charge in [-0.3, -0.25) is 9.48 Å². The standard InChI is InChI=1S/C18H24N4O.C2H2O4/c1-15(23)19-18-17(16-8-4-2-5-9-16)14-22(20-18)13-12-21-10-6-3-7-11-21;3-1(4)2(5)6/h2,4-5,8-9,14H,3,6-7,10-13H2,1H3,(H,19,20,23);(H,3,4)(H,5,6). The van der Waals surface area contributed by atoms with E-state index in [1.54, 1.807) is 0 Å². The number of aromatic nitrogens is 2. The van der Waals surface area contributed by atoms with E-state index in [4.69, 9.17) is 19.8 Å². The first kappa shape index (κ1) is 22.1. The highest BCUT2D eigenvalue weighted by atomic mass is 16.4. The van der Waals surface area contributed by atoms with Gasteiger partial charge >= 0.3 is 11.9 Å². The van der Waals surface area contributed by atoms with Crippen LogP contribution in [0.4, 0.5) is 5.82 Å². The molecule has 1 aliphatic rings. The number of benzene rings is 1. The number of likely N-dealkylation sites (tertiary alicyclic amines) is 1. The molecule has 0 radical (unpaired) electrons. The molecule has 0 unspecified atom stereocenters. The number of carboxylic acids is 2. The van der Waals surface area contributed by atoms with Crippen LogP contribution in [0, 0.1) is 0 Å². The molecule has 0 saturated carbocycles. The van der Waals surface area contributed by atoms with Gasteiger partial charge in [0.2, 0.25) is 5.91 Å². The first-order valence-corrected chi connectivity index (χ1v) is 9.46. The van der Waals surface area contributed by atoms with Crippen molar-refractivity contribution in [3.63, 3.8) is 0 Å². The van der Waals surface area contributed by atoms with E-state index in [-0.39, 0.29) is 5.91 Å². The number of carbonyl (C=O) groups is 3. The summed E-state index contributed by atoms with van der Waals surface area (Å²) in [6.45, 7) is 5.74. The Hall–Kier alpha value is -3.20. The Morgan fingerprint density at radius 3 is 2.17 bits per heavy atom. The number of nitrogens with zero attached hydrogens (tertiary/aromatic N) is 3. The summed E-state index contributed by atoms with van der Waals surface area (Å²) in [7, 11) is 0. The molecule has 1 fully saturated rings. The first-order chi connectivity index (χ1) is 13.9. The lowest BCUT2D eigenvalue weighted by molar-refractivity contribution is -0.159. The summed E-state index contributed by atoms with van der Waals surface area (Å²) >= 11 is 0. The van der Waals surface area contributed by atoms with Crippen LogP contribution in [0.15, 0.2) is 36.5 Å². The van der Waals surface area contributed by atoms with Gasteiger partial charge in [0.15, 0.2) is 5.82 Å². The van der Waals surface area contributed by atoms with E-state index >= 15 is 0 Å². The van der Waals surface area contributed by atoms with Gasteiger partial charge in [0.1, 0.15) is 0 Å². The fourth-order valence-electron chi connectivity index (χ4n) is 3.05. The van der Waals surface area contributed by atoms with E-state index in [2.05, 4.69) is 15.3 Å². The lowest BCUT2D eigenvalue weighted by atomic mass is 10.1. The highest BCUT2D eigenvalue weighted by Gasteiger charge is 2.14. The maximum atomic E-state index is 11.4. The number of rotatable bonds is 5. The van der Waals surface area contributed by atoms with Crippen molar-refractivity contribution in [3.05, 3.63) is 36.5 Å². The number of carbonyl (C=O) groups excluding carboxylic acids is 1. The normalized spacial score (nSPS) is 13.8. The molecule has 0 spiro atoms. The van der Waals surface area contributed by atoms with E-state index in [9.17, 15) is 4.79 Å². The summed E-state index contributed by atoms with van der Waals surface area (Å²) in [5.74, 6) is -3.10. The smallest absolute Gasteiger partial charge is 0.414 e. The van der Waals surface area contributed by atoms with Gasteiger partial charge in [0, 0.05) is 25.2 Å². The number of amides is 1. The largest absolute Gasteiger partial charge is 0.473 e. The quantitative estimate of drug-likeness (QED) is 0.655. The average molecular weight is 402 g/mol. The molecule has 3 N–H and O–H groups in total. The van der Waals surface area contributed by atoms with E-state index in [1.807, 2.05) is 41.2 Å². The van der Waals surface area contributed by atoms with Crippen LogP contribution in [0.5, 0.6) is 0 Å². The monoisotopic (exact) mass is 402 g/mol. The molecule has 0 aliphatic carbocycles. The first-order valence-electron chi connectivity index (χ1n) is 9.46. The summed E-state index contributed by atoms with van der Waals surface area (Å²) in [5, 5.41) is 22.2. The van der Waals surface area contributed by atoms with Crippen LogP contribution < -0.4 is 5.32 Å². The molecule has 0 atom stereocenters. The van der Waals surface area contributed by atoms with E-state index in [1.165, 1.54) is 39.3 Å². The van der Waals surface area contributed by atoms with Crippen molar-refractivity contribution in [2.75, 3.05) is 25.0 Å². The maximum Gasteiger partial charge on any atom is 0.414 e. The Morgan fingerprint density at radius 1 is 1.00 bits per heavy atom. The zero-order valence-electron chi connectivity index (χ0n) is 16.4. The molecule has 1 aromatic heterocycles. The number of piperidine rings is 1. The molecule has 3 rings (SSSR count). The van der Waals surface area contributed by atoms with E-state index < -0.39 is 11.9 Å². The third kappa shape index (κ3) is 7.38. The number of carboxylic acid groups (broad SMARTS) is 2. The van der Waals surface area contributed by atoms with Crippen LogP contribution in [0.1, 0.15) is 26.2 Å². The second kappa shape index (κ2) is 11.0. The molecule has 9 nitrogen and oxygen atoms in total. The van der Waals surface area contributed by atoms with E-state index in [0.717, 1.165) is 24.2 Å². The molecular weight excluding hydrogens is 376 g/mol. The van der Waals surface area contributed by atoms with Crippen molar-refractivity contribution in [1.29, 1.82) is 0 Å². The van der Waals surface area contributed by atoms with Gasteiger partial charge in [-0.2, -0.15) is 5.10 Å². The Morgan fingerprint density at radius 2 is 1.62 bits per heavy atom. The summed E-state index contributed by atoms with van der Waals surface area (Å²) in [4.78, 5) is 32.1. The van der Waals surface area contributed by atoms with Gasteiger partial charge in [-0.1, -0.05) is 36.8 Å². The molecule has 0 bridgehead atoms. The molecule has 2 heterocycles. The molecule has 1 aromatic carbocycles. The molecule has 29 heavy (non-hydrogen) atoms. The van der Waals surface area contributed by atoms with Crippen molar-refractivity contribution < 1.29 is 24.6 Å². The predicted octanol–water partition coefficient (Wildman–Crippen LogP) is 2.15. The fraction of sp³-hybridized carbons (Fsp3) is 0.400. The second-order valence-electron chi connectivity index (χ2n) is 6.71. The Labute approximate surface area is 168 Å². The number of nitrogens with one attached hydrogen (secondary N) is 1. The summed E-state index contributed by atoms with van der Waals surface area (Å²) in [5.41, 5.74) is 2.04. The van der Waals surface area contributed by atoms with Gasteiger partial charge in [-0.25, -0.2) is 9.59 Å². The zero-order valence-corrected chi connectivity index (χ0v) is 16.4. The van der Waals surface area contributed by atoms with Crippen molar-refractivity contribution in [1.82, 2.24) is 14.7 Å². The van der Waals surface area contributed by atoms with Crippen LogP contribution in [0.2, 0.25) is 0 Å². The minimum absolute atomic E-state index is 0.0940. The fourth-order valence-corrected chi connectivity index (χ4v) is 3.05. The Bertz CT molecular complexity index is 817. The third-order valence-electron chi connectivity index (χ3n) is 4.42. The van der Waals surface area contributed by atoms with Crippen LogP contribution in [0.3, 0.4) is 0 Å². The lowest BCUT2D eigenvalue weighted by Gasteiger charge is -2.26. The molecule has 156 valence electrons. The van der Waals surface area contributed by atoms with Crippen molar-refractivity contribution in [2.45, 2.75) is 32.7 Å². The number of hydrogen-bond donors (Lipinski definition) is 3. The van der Waals surface area contributed by atoms with Gasteiger partial charge in [0.25, 0.3) is 0 Å². The van der Waals surface area contributed by atoms with Gasteiger partial charge in [-0.05, 0) is 31.5 Å². The Kier molecular flexibility index (Phi) is 8.35. The van der Waals surface area contributed by atoms with Crippen LogP contribution in [-0.4, -0.2) is 62.4 Å². The van der Waals surface area contributed by atoms with Crippen LogP contribution in [0.25, 0.3) is 11.1 Å².